The van der Waals surface area contributed by atoms with Crippen molar-refractivity contribution in [3.05, 3.63) is 36.4 Å². The Labute approximate surface area is 109 Å². The smallest absolute Gasteiger partial charge is 0.269 e. The molecule has 2 aromatic heterocycles. The Balaban J connectivity index is 2.00. The van der Waals surface area contributed by atoms with E-state index in [-0.39, 0.29) is 5.91 Å². The SMILES string of the molecule is CC1Oc2cc(N)cnc2N(Cc2ccco2)C1=O. The lowest BCUT2D eigenvalue weighted by molar-refractivity contribution is -0.125. The third kappa shape index (κ3) is 2.01. The van der Waals surface area contributed by atoms with Gasteiger partial charge in [-0.1, -0.05) is 0 Å². The van der Waals surface area contributed by atoms with Crippen LogP contribution in [0.4, 0.5) is 11.5 Å². The Morgan fingerprint density at radius 1 is 1.53 bits per heavy atom. The molecular weight excluding hydrogens is 246 g/mol. The summed E-state index contributed by atoms with van der Waals surface area (Å²) < 4.78 is 10.8. The number of pyridine rings is 1. The van der Waals surface area contributed by atoms with Crippen LogP contribution in [0.15, 0.2) is 35.1 Å². The Morgan fingerprint density at radius 3 is 3.11 bits per heavy atom. The summed E-state index contributed by atoms with van der Waals surface area (Å²) in [5.74, 6) is 1.51. The van der Waals surface area contributed by atoms with Crippen molar-refractivity contribution >= 4 is 17.4 Å². The van der Waals surface area contributed by atoms with Crippen molar-refractivity contribution in [2.24, 2.45) is 0 Å². The van der Waals surface area contributed by atoms with E-state index in [1.807, 2.05) is 6.07 Å². The van der Waals surface area contributed by atoms with Crippen LogP contribution in [0.3, 0.4) is 0 Å². The zero-order valence-electron chi connectivity index (χ0n) is 10.4. The predicted molar refractivity (Wildman–Crippen MR) is 68.6 cm³/mol. The molecule has 1 aliphatic heterocycles. The van der Waals surface area contributed by atoms with Gasteiger partial charge in [0, 0.05) is 6.07 Å². The molecular formula is C13H13N3O3. The Morgan fingerprint density at radius 2 is 2.37 bits per heavy atom. The minimum atomic E-state index is -0.564. The average Bonchev–Trinajstić information content (AvgIpc) is 2.87. The van der Waals surface area contributed by atoms with Gasteiger partial charge in [0.25, 0.3) is 5.91 Å². The first-order valence-electron chi connectivity index (χ1n) is 5.91. The number of furan rings is 1. The van der Waals surface area contributed by atoms with E-state index in [1.165, 1.54) is 6.20 Å². The van der Waals surface area contributed by atoms with Gasteiger partial charge in [-0.2, -0.15) is 0 Å². The number of anilines is 2. The number of fused-ring (bicyclic) bond motifs is 1. The fourth-order valence-electron chi connectivity index (χ4n) is 2.02. The lowest BCUT2D eigenvalue weighted by Crippen LogP contribution is -2.44. The van der Waals surface area contributed by atoms with Crippen molar-refractivity contribution in [2.45, 2.75) is 19.6 Å². The number of ether oxygens (including phenoxy) is 1. The molecule has 0 radical (unpaired) electrons. The van der Waals surface area contributed by atoms with Crippen LogP contribution in [0.25, 0.3) is 0 Å². The van der Waals surface area contributed by atoms with Gasteiger partial charge in [-0.3, -0.25) is 9.69 Å². The molecule has 1 atom stereocenters. The minimum Gasteiger partial charge on any atom is -0.477 e. The van der Waals surface area contributed by atoms with Gasteiger partial charge in [-0.15, -0.1) is 0 Å². The summed E-state index contributed by atoms with van der Waals surface area (Å²) in [5, 5.41) is 0. The lowest BCUT2D eigenvalue weighted by atomic mass is 10.2. The molecule has 6 heteroatoms. The van der Waals surface area contributed by atoms with Crippen molar-refractivity contribution in [3.8, 4) is 5.75 Å². The summed E-state index contributed by atoms with van der Waals surface area (Å²) in [6.45, 7) is 2.02. The fraction of sp³-hybridized carbons (Fsp3) is 0.231. The van der Waals surface area contributed by atoms with E-state index >= 15 is 0 Å². The van der Waals surface area contributed by atoms with Crippen LogP contribution in [0.1, 0.15) is 12.7 Å². The van der Waals surface area contributed by atoms with Crippen LogP contribution < -0.4 is 15.4 Å². The van der Waals surface area contributed by atoms with E-state index < -0.39 is 6.10 Å². The summed E-state index contributed by atoms with van der Waals surface area (Å²) in [6, 6.07) is 5.26. The molecule has 1 amide bonds. The maximum atomic E-state index is 12.2. The first kappa shape index (κ1) is 11.6. The molecule has 3 heterocycles. The van der Waals surface area contributed by atoms with Crippen molar-refractivity contribution < 1.29 is 13.9 Å². The van der Waals surface area contributed by atoms with Crippen LogP contribution in [0.5, 0.6) is 5.75 Å². The second kappa shape index (κ2) is 4.31. The van der Waals surface area contributed by atoms with Crippen LogP contribution in [-0.2, 0) is 11.3 Å². The number of carbonyl (C=O) groups is 1. The predicted octanol–water partition coefficient (Wildman–Crippen LogP) is 1.57. The van der Waals surface area contributed by atoms with E-state index in [0.29, 0.717) is 29.6 Å². The first-order chi connectivity index (χ1) is 9.15. The molecule has 0 saturated carbocycles. The molecule has 1 unspecified atom stereocenters. The van der Waals surface area contributed by atoms with Gasteiger partial charge in [0.2, 0.25) is 0 Å². The molecule has 0 fully saturated rings. The van der Waals surface area contributed by atoms with Crippen molar-refractivity contribution in [1.82, 2.24) is 4.98 Å². The highest BCUT2D eigenvalue weighted by Gasteiger charge is 2.33. The molecule has 6 nitrogen and oxygen atoms in total. The fourth-order valence-corrected chi connectivity index (χ4v) is 2.02. The summed E-state index contributed by atoms with van der Waals surface area (Å²) >= 11 is 0. The molecule has 2 N–H and O–H groups in total. The van der Waals surface area contributed by atoms with Crippen LogP contribution >= 0.6 is 0 Å². The van der Waals surface area contributed by atoms with Gasteiger partial charge in [-0.25, -0.2) is 4.98 Å². The summed E-state index contributed by atoms with van der Waals surface area (Å²) in [7, 11) is 0. The number of amides is 1. The lowest BCUT2D eigenvalue weighted by Gasteiger charge is -2.31. The van der Waals surface area contributed by atoms with Gasteiger partial charge < -0.3 is 14.9 Å². The van der Waals surface area contributed by atoms with Crippen LogP contribution in [0.2, 0.25) is 0 Å². The number of carbonyl (C=O) groups excluding carboxylic acids is 1. The van der Waals surface area contributed by atoms with E-state index in [0.717, 1.165) is 0 Å². The normalized spacial score (nSPS) is 18.1. The molecule has 98 valence electrons. The Kier molecular flexibility index (Phi) is 2.63. The molecule has 1 aliphatic rings. The van der Waals surface area contributed by atoms with Crippen LogP contribution in [-0.4, -0.2) is 17.0 Å². The van der Waals surface area contributed by atoms with Gasteiger partial charge >= 0.3 is 0 Å². The van der Waals surface area contributed by atoms with E-state index in [9.17, 15) is 4.79 Å². The summed E-state index contributed by atoms with van der Waals surface area (Å²) in [4.78, 5) is 17.9. The quantitative estimate of drug-likeness (QED) is 0.885. The highest BCUT2D eigenvalue weighted by Crippen LogP contribution is 2.34. The second-order valence-corrected chi connectivity index (χ2v) is 4.35. The van der Waals surface area contributed by atoms with Gasteiger partial charge in [0.1, 0.15) is 5.76 Å². The largest absolute Gasteiger partial charge is 0.477 e. The average molecular weight is 259 g/mol. The number of nitrogens with two attached hydrogens (primary N) is 1. The minimum absolute atomic E-state index is 0.152. The van der Waals surface area contributed by atoms with Crippen molar-refractivity contribution in [2.75, 3.05) is 10.6 Å². The summed E-state index contributed by atoms with van der Waals surface area (Å²) in [6.07, 6.45) is 2.51. The number of hydrogen-bond donors (Lipinski definition) is 1. The molecule has 3 rings (SSSR count). The van der Waals surface area contributed by atoms with E-state index in [4.69, 9.17) is 14.9 Å². The molecule has 0 spiro atoms. The summed E-state index contributed by atoms with van der Waals surface area (Å²) in [5.41, 5.74) is 6.18. The van der Waals surface area contributed by atoms with Crippen LogP contribution in [0, 0.1) is 0 Å². The third-order valence-corrected chi connectivity index (χ3v) is 2.92. The number of rotatable bonds is 2. The maximum Gasteiger partial charge on any atom is 0.269 e. The van der Waals surface area contributed by atoms with Gasteiger partial charge in [-0.05, 0) is 19.1 Å². The van der Waals surface area contributed by atoms with Crippen molar-refractivity contribution in [3.63, 3.8) is 0 Å². The zero-order valence-corrected chi connectivity index (χ0v) is 10.4. The Hall–Kier alpha value is -2.50. The molecule has 2 aromatic rings. The molecule has 0 saturated heterocycles. The first-order valence-corrected chi connectivity index (χ1v) is 5.91. The van der Waals surface area contributed by atoms with Crippen molar-refractivity contribution in [1.29, 1.82) is 0 Å². The van der Waals surface area contributed by atoms with E-state index in [1.54, 1.807) is 30.2 Å². The monoisotopic (exact) mass is 259 g/mol. The maximum absolute atomic E-state index is 12.2. The molecule has 0 aromatic carbocycles. The number of aromatic nitrogens is 1. The van der Waals surface area contributed by atoms with Gasteiger partial charge in [0.15, 0.2) is 17.7 Å². The molecule has 0 bridgehead atoms. The number of nitrogen functional groups attached to an aromatic ring is 1. The third-order valence-electron chi connectivity index (χ3n) is 2.92. The molecule has 0 aliphatic carbocycles. The zero-order chi connectivity index (χ0) is 13.4. The topological polar surface area (TPSA) is 81.6 Å². The molecule has 19 heavy (non-hydrogen) atoms. The highest BCUT2D eigenvalue weighted by molar-refractivity contribution is 5.98. The number of hydrogen-bond acceptors (Lipinski definition) is 5. The standard InChI is InChI=1S/C13H13N3O3/c1-8-13(17)16(7-10-3-2-4-18-10)12-11(19-8)5-9(14)6-15-12/h2-6,8H,7,14H2,1H3. The Bertz CT molecular complexity index is 610. The highest BCUT2D eigenvalue weighted by atomic mass is 16.5. The van der Waals surface area contributed by atoms with Gasteiger partial charge in [0.05, 0.1) is 24.7 Å². The van der Waals surface area contributed by atoms with E-state index in [2.05, 4.69) is 4.98 Å². The second-order valence-electron chi connectivity index (χ2n) is 4.35. The number of nitrogens with zero attached hydrogens (tertiary/aromatic N) is 2.